The maximum Gasteiger partial charge on any atom is 0.246 e. The first kappa shape index (κ1) is 67.7. The first-order valence-electron chi connectivity index (χ1n) is 29.3. The fraction of sp³-hybridized carbons (Fsp3) is 0.633. The Bertz CT molecular complexity index is 2430. The highest BCUT2D eigenvalue weighted by Gasteiger charge is 2.42. The van der Waals surface area contributed by atoms with Crippen molar-refractivity contribution in [2.24, 2.45) is 40.9 Å². The van der Waals surface area contributed by atoms with E-state index < -0.39 is 120 Å². The molecular formula is C60H93N12O10. The van der Waals surface area contributed by atoms with Gasteiger partial charge in [-0.15, -0.1) is 0 Å². The molecule has 22 nitrogen and oxygen atoms in total. The summed E-state index contributed by atoms with van der Waals surface area (Å²) >= 11 is 0. The topological polar surface area (TPSA) is 339 Å². The van der Waals surface area contributed by atoms with Gasteiger partial charge in [-0.1, -0.05) is 116 Å². The number of benzene rings is 2. The molecule has 0 unspecified atom stereocenters. The second-order valence-corrected chi connectivity index (χ2v) is 23.4. The standard InChI is InChI=1S/C60H93N12O10/c1-36(2)31-45(54(76)68-47(33-40-19-11-9-12-20-40)59(81)71-29-17-23-42(71)35-73)67-53(75)44(25-16-28-62)65-58(80)51(39(7)8)70-56(78)49-26-18-30-72(49)60(82)48(34-41-21-13-10-14-22-41)69-55(77)46(32-37(3)4)66-52(74)43(24-15-27-61)64-57(79)50(63)38(5)6/h9-14,19-22,36-39,42-51H,15-18,23-34,61-63H2,1-8H3,(H,64,79)(H,65,80)(H,66,74)(H,67,75)(H,68,76)(H,69,77)(H,70,78)/t42-,43-,44-,45-,46-,47+,48+,49-,50-,51-/m0/s1. The largest absolute Gasteiger partial charge is 0.343 e. The first-order chi connectivity index (χ1) is 39.0. The third kappa shape index (κ3) is 20.9. The smallest absolute Gasteiger partial charge is 0.246 e. The van der Waals surface area contributed by atoms with Gasteiger partial charge in [0.2, 0.25) is 59.5 Å². The minimum atomic E-state index is -1.21. The van der Waals surface area contributed by atoms with Gasteiger partial charge in [-0.05, 0) is 112 Å². The quantitative estimate of drug-likeness (QED) is 0.0481. The number of carbonyl (C=O) groups is 9. The maximum absolute atomic E-state index is 14.8. The van der Waals surface area contributed by atoms with Crippen LogP contribution in [0.2, 0.25) is 0 Å². The molecule has 453 valence electrons. The Balaban J connectivity index is 1.54. The van der Waals surface area contributed by atoms with Crippen molar-refractivity contribution in [1.82, 2.24) is 47.0 Å². The second-order valence-electron chi connectivity index (χ2n) is 23.4. The van der Waals surface area contributed by atoms with E-state index in [1.54, 1.807) is 52.0 Å². The summed E-state index contributed by atoms with van der Waals surface area (Å²) in [5, 5.41) is 19.8. The van der Waals surface area contributed by atoms with Gasteiger partial charge in [0.25, 0.3) is 0 Å². The molecule has 2 fully saturated rings. The van der Waals surface area contributed by atoms with Crippen LogP contribution in [0.15, 0.2) is 60.7 Å². The number of amides is 9. The van der Waals surface area contributed by atoms with Crippen LogP contribution in [0.5, 0.6) is 0 Å². The van der Waals surface area contributed by atoms with Crippen LogP contribution >= 0.6 is 0 Å². The Hall–Kier alpha value is -6.78. The number of nitrogens with zero attached hydrogens (tertiary/aromatic N) is 2. The lowest BCUT2D eigenvalue weighted by Crippen LogP contribution is -2.61. The minimum absolute atomic E-state index is 0.0372. The van der Waals surface area contributed by atoms with Crippen LogP contribution in [0.3, 0.4) is 0 Å². The van der Waals surface area contributed by atoms with E-state index in [0.717, 1.165) is 5.56 Å². The number of rotatable bonds is 33. The Kier molecular flexibility index (Phi) is 28.1. The van der Waals surface area contributed by atoms with E-state index >= 15 is 0 Å². The minimum Gasteiger partial charge on any atom is -0.343 e. The van der Waals surface area contributed by atoms with E-state index in [4.69, 9.17) is 17.2 Å². The molecule has 0 saturated carbocycles. The third-order valence-electron chi connectivity index (χ3n) is 14.9. The molecule has 2 aliphatic heterocycles. The predicted molar refractivity (Wildman–Crippen MR) is 312 cm³/mol. The fourth-order valence-electron chi connectivity index (χ4n) is 10.2. The number of nitrogens with two attached hydrogens (primary N) is 3. The van der Waals surface area contributed by atoms with E-state index in [0.29, 0.717) is 44.2 Å². The van der Waals surface area contributed by atoms with Gasteiger partial charge in [-0.25, -0.2) is 0 Å². The third-order valence-corrected chi connectivity index (χ3v) is 14.9. The summed E-state index contributed by atoms with van der Waals surface area (Å²) in [5.41, 5.74) is 19.3. The molecule has 13 N–H and O–H groups in total. The van der Waals surface area contributed by atoms with Gasteiger partial charge in [0.1, 0.15) is 48.3 Å². The van der Waals surface area contributed by atoms with Gasteiger partial charge in [0, 0.05) is 25.9 Å². The van der Waals surface area contributed by atoms with Crippen molar-refractivity contribution in [1.29, 1.82) is 0 Å². The molecule has 0 aliphatic carbocycles. The van der Waals surface area contributed by atoms with Crippen molar-refractivity contribution in [3.63, 3.8) is 0 Å². The van der Waals surface area contributed by atoms with Crippen LogP contribution in [-0.4, -0.2) is 156 Å². The lowest BCUT2D eigenvalue weighted by molar-refractivity contribution is -0.143. The van der Waals surface area contributed by atoms with Crippen LogP contribution in [0.4, 0.5) is 0 Å². The van der Waals surface area contributed by atoms with E-state index in [1.165, 1.54) is 9.80 Å². The van der Waals surface area contributed by atoms with E-state index in [2.05, 4.69) is 37.2 Å². The second kappa shape index (κ2) is 34.0. The molecule has 2 saturated heterocycles. The summed E-state index contributed by atoms with van der Waals surface area (Å²) in [6.07, 6.45) is 5.19. The van der Waals surface area contributed by atoms with Crippen LogP contribution in [-0.2, 0) is 60.8 Å². The van der Waals surface area contributed by atoms with Crippen molar-refractivity contribution in [2.75, 3.05) is 26.2 Å². The average molecular weight is 1140 g/mol. The number of hydrogen-bond acceptors (Lipinski definition) is 13. The SMILES string of the molecule is CC(C)C[C@H](NC(=O)[C@H](CCCN)NC(=O)[C@@H](NC(=O)[C@@H]1CCCN1C(=O)[C@@H](Cc1ccccc1)NC(=O)[C@H](CC(C)C)NC(=O)[C@H](CCCN)NC(=O)[C@@H](N)C(C)C)C(C)C)C(=O)N[C@H](Cc1ccccc1)C(=O)N1CCC[C@H]1[C]=O. The van der Waals surface area contributed by atoms with Crippen molar-refractivity contribution in [3.05, 3.63) is 71.8 Å². The van der Waals surface area contributed by atoms with Gasteiger partial charge in [-0.2, -0.15) is 0 Å². The maximum atomic E-state index is 14.8. The van der Waals surface area contributed by atoms with Crippen LogP contribution in [0.25, 0.3) is 0 Å². The highest BCUT2D eigenvalue weighted by Crippen LogP contribution is 2.23. The molecule has 2 aromatic carbocycles. The molecule has 82 heavy (non-hydrogen) atoms. The van der Waals surface area contributed by atoms with Gasteiger partial charge in [0.05, 0.1) is 12.1 Å². The number of carbonyl (C=O) groups excluding carboxylic acids is 10. The molecule has 0 bridgehead atoms. The zero-order valence-corrected chi connectivity index (χ0v) is 49.4. The lowest BCUT2D eigenvalue weighted by atomic mass is 9.99. The predicted octanol–water partition coefficient (Wildman–Crippen LogP) is 1.17. The molecular weight excluding hydrogens is 1050 g/mol. The van der Waals surface area contributed by atoms with Gasteiger partial charge < -0.3 is 64.2 Å². The molecule has 4 rings (SSSR count). The van der Waals surface area contributed by atoms with E-state index in [-0.39, 0.29) is 82.3 Å². The lowest BCUT2D eigenvalue weighted by Gasteiger charge is -2.32. The molecule has 2 aromatic rings. The van der Waals surface area contributed by atoms with E-state index in [9.17, 15) is 47.9 Å². The Morgan fingerprint density at radius 1 is 0.512 bits per heavy atom. The summed E-state index contributed by atoms with van der Waals surface area (Å²) in [5.74, 6) is -6.33. The van der Waals surface area contributed by atoms with Gasteiger partial charge in [-0.3, -0.25) is 47.9 Å². The van der Waals surface area contributed by atoms with Gasteiger partial charge >= 0.3 is 0 Å². The van der Waals surface area contributed by atoms with Gasteiger partial charge in [0.15, 0.2) is 0 Å². The summed E-state index contributed by atoms with van der Waals surface area (Å²) in [4.78, 5) is 142. The molecule has 0 aromatic heterocycles. The fourth-order valence-corrected chi connectivity index (χ4v) is 10.2. The molecule has 2 aliphatic rings. The Morgan fingerprint density at radius 3 is 1.34 bits per heavy atom. The van der Waals surface area contributed by atoms with Crippen molar-refractivity contribution in [3.8, 4) is 0 Å². The van der Waals surface area contributed by atoms with Crippen molar-refractivity contribution < 1.29 is 47.9 Å². The monoisotopic (exact) mass is 1140 g/mol. The summed E-state index contributed by atoms with van der Waals surface area (Å²) in [6.45, 7) is 15.4. The highest BCUT2D eigenvalue weighted by molar-refractivity contribution is 5.99. The van der Waals surface area contributed by atoms with Crippen LogP contribution < -0.4 is 54.4 Å². The van der Waals surface area contributed by atoms with Crippen molar-refractivity contribution in [2.45, 2.75) is 193 Å². The Morgan fingerprint density at radius 2 is 0.915 bits per heavy atom. The molecule has 0 spiro atoms. The van der Waals surface area contributed by atoms with Crippen LogP contribution in [0, 0.1) is 23.7 Å². The molecule has 1 radical (unpaired) electrons. The zero-order valence-electron chi connectivity index (χ0n) is 49.4. The summed E-state index contributed by atoms with van der Waals surface area (Å²) in [6, 6.07) is 7.48. The number of likely N-dealkylation sites (tertiary alicyclic amines) is 2. The summed E-state index contributed by atoms with van der Waals surface area (Å²) in [7, 11) is 0. The normalized spacial score (nSPS) is 18.1. The Labute approximate surface area is 484 Å². The number of nitrogens with one attached hydrogen (secondary N) is 7. The summed E-state index contributed by atoms with van der Waals surface area (Å²) < 4.78 is 0. The average Bonchev–Trinajstić information content (AvgIpc) is 4.14. The first-order valence-corrected chi connectivity index (χ1v) is 29.3. The molecule has 9 amide bonds. The molecule has 10 atom stereocenters. The molecule has 2 heterocycles. The molecule has 22 heteroatoms. The zero-order chi connectivity index (χ0) is 60.6. The number of hydrogen-bond donors (Lipinski definition) is 10. The van der Waals surface area contributed by atoms with E-state index in [1.807, 2.05) is 70.4 Å². The highest BCUT2D eigenvalue weighted by atomic mass is 16.2. The van der Waals surface area contributed by atoms with Crippen molar-refractivity contribution >= 4 is 59.5 Å². The van der Waals surface area contributed by atoms with Crippen LogP contribution in [0.1, 0.15) is 131 Å².